The summed E-state index contributed by atoms with van der Waals surface area (Å²) in [6, 6.07) is 5.75. The second-order valence-corrected chi connectivity index (χ2v) is 6.46. The van der Waals surface area contributed by atoms with Gasteiger partial charge in [-0.1, -0.05) is 0 Å². The summed E-state index contributed by atoms with van der Waals surface area (Å²) in [5.74, 6) is 2.33. The lowest BCUT2D eigenvalue weighted by atomic mass is 10.2. The van der Waals surface area contributed by atoms with Crippen LogP contribution in [0.15, 0.2) is 18.3 Å². The van der Waals surface area contributed by atoms with E-state index in [1.165, 1.54) is 0 Å². The van der Waals surface area contributed by atoms with E-state index >= 15 is 0 Å². The summed E-state index contributed by atoms with van der Waals surface area (Å²) in [6.07, 6.45) is 1.68. The van der Waals surface area contributed by atoms with E-state index in [1.54, 1.807) is 12.3 Å². The molecule has 0 radical (unpaired) electrons. The van der Waals surface area contributed by atoms with Crippen molar-refractivity contribution in [2.75, 3.05) is 55.8 Å². The first kappa shape index (κ1) is 17.8. The molecule has 136 valence electrons. The van der Waals surface area contributed by atoms with E-state index in [-0.39, 0.29) is 12.0 Å². The van der Waals surface area contributed by atoms with Gasteiger partial charge in [-0.25, -0.2) is 4.98 Å². The molecule has 2 aromatic rings. The number of hydrogen-bond donors (Lipinski definition) is 1. The van der Waals surface area contributed by atoms with E-state index < -0.39 is 0 Å². The van der Waals surface area contributed by atoms with Crippen molar-refractivity contribution in [3.05, 3.63) is 29.7 Å². The van der Waals surface area contributed by atoms with Gasteiger partial charge in [0.15, 0.2) is 5.82 Å². The normalized spacial score (nSPS) is 16.2. The molecule has 1 fully saturated rings. The van der Waals surface area contributed by atoms with Crippen LogP contribution in [-0.2, 0) is 0 Å². The van der Waals surface area contributed by atoms with Crippen LogP contribution in [0, 0.1) is 11.3 Å². The molecule has 26 heavy (non-hydrogen) atoms. The first-order valence-corrected chi connectivity index (χ1v) is 8.52. The smallest absolute Gasteiger partial charge is 0.229 e. The molecule has 0 amide bonds. The molecule has 1 aliphatic rings. The third-order valence-corrected chi connectivity index (χ3v) is 4.49. The maximum atomic E-state index is 9.05. The van der Waals surface area contributed by atoms with E-state index in [0.717, 1.165) is 32.0 Å². The lowest BCUT2D eigenvalue weighted by molar-refractivity contribution is 0.191. The number of aromatic nitrogens is 4. The molecule has 2 N–H and O–H groups in total. The van der Waals surface area contributed by atoms with Crippen molar-refractivity contribution in [3.63, 3.8) is 0 Å². The van der Waals surface area contributed by atoms with Crippen LogP contribution < -0.4 is 15.5 Å². The fourth-order valence-corrected chi connectivity index (χ4v) is 2.95. The molecular formula is C17H23N9. The predicted molar refractivity (Wildman–Crippen MR) is 99.7 cm³/mol. The monoisotopic (exact) mass is 353 g/mol. The quantitative estimate of drug-likeness (QED) is 0.847. The molecule has 3 heterocycles. The fourth-order valence-electron chi connectivity index (χ4n) is 2.95. The molecule has 1 saturated heterocycles. The minimum atomic E-state index is 0.0413. The Balaban J connectivity index is 1.69. The molecule has 0 bridgehead atoms. The number of hydrogen-bond acceptors (Lipinski definition) is 9. The molecule has 3 rings (SSSR count). The van der Waals surface area contributed by atoms with Gasteiger partial charge in [-0.2, -0.15) is 20.2 Å². The number of nitrogens with two attached hydrogens (primary N) is 1. The Labute approximate surface area is 153 Å². The van der Waals surface area contributed by atoms with Crippen molar-refractivity contribution < 1.29 is 0 Å². The first-order valence-electron chi connectivity index (χ1n) is 8.52. The van der Waals surface area contributed by atoms with E-state index in [2.05, 4.69) is 42.7 Å². The Bertz CT molecular complexity index is 806. The number of nitriles is 1. The molecule has 9 heteroatoms. The molecule has 0 spiro atoms. The van der Waals surface area contributed by atoms with Gasteiger partial charge in [0.2, 0.25) is 11.9 Å². The molecule has 0 saturated carbocycles. The summed E-state index contributed by atoms with van der Waals surface area (Å²) in [5.41, 5.74) is 6.47. The van der Waals surface area contributed by atoms with Crippen LogP contribution in [0.1, 0.15) is 24.4 Å². The average Bonchev–Trinajstić information content (AvgIpc) is 2.67. The van der Waals surface area contributed by atoms with E-state index in [9.17, 15) is 0 Å². The van der Waals surface area contributed by atoms with Gasteiger partial charge in [0.05, 0.1) is 17.7 Å². The zero-order valence-corrected chi connectivity index (χ0v) is 15.3. The lowest BCUT2D eigenvalue weighted by Gasteiger charge is -2.38. The molecular weight excluding hydrogens is 330 g/mol. The van der Waals surface area contributed by atoms with E-state index in [4.69, 9.17) is 11.0 Å². The molecule has 9 nitrogen and oxygen atoms in total. The van der Waals surface area contributed by atoms with Crippen molar-refractivity contribution in [1.29, 1.82) is 5.26 Å². The Morgan fingerprint density at radius 2 is 1.92 bits per heavy atom. The van der Waals surface area contributed by atoms with Crippen molar-refractivity contribution in [2.45, 2.75) is 13.0 Å². The van der Waals surface area contributed by atoms with Gasteiger partial charge >= 0.3 is 0 Å². The average molecular weight is 353 g/mol. The second-order valence-electron chi connectivity index (χ2n) is 6.46. The number of nitrogens with zero attached hydrogens (tertiary/aromatic N) is 8. The zero-order valence-electron chi connectivity index (χ0n) is 15.3. The second kappa shape index (κ2) is 7.49. The molecule has 0 aliphatic carbocycles. The number of anilines is 3. The van der Waals surface area contributed by atoms with Crippen molar-refractivity contribution in [2.24, 2.45) is 0 Å². The van der Waals surface area contributed by atoms with Crippen LogP contribution in [0.3, 0.4) is 0 Å². The van der Waals surface area contributed by atoms with Crippen molar-refractivity contribution in [1.82, 2.24) is 24.8 Å². The molecule has 1 aliphatic heterocycles. The topological polar surface area (TPSA) is 111 Å². The Morgan fingerprint density at radius 1 is 1.19 bits per heavy atom. The van der Waals surface area contributed by atoms with Crippen LogP contribution in [0.5, 0.6) is 0 Å². The third kappa shape index (κ3) is 3.81. The maximum absolute atomic E-state index is 9.05. The Kier molecular flexibility index (Phi) is 5.14. The highest BCUT2D eigenvalue weighted by atomic mass is 15.3. The highest BCUT2D eigenvalue weighted by molar-refractivity contribution is 5.45. The van der Waals surface area contributed by atoms with Gasteiger partial charge in [-0.05, 0) is 19.1 Å². The lowest BCUT2D eigenvalue weighted by Crippen LogP contribution is -2.47. The summed E-state index contributed by atoms with van der Waals surface area (Å²) in [6.45, 7) is 5.43. The van der Waals surface area contributed by atoms with Crippen LogP contribution >= 0.6 is 0 Å². The number of nitrogen functional groups attached to an aromatic ring is 1. The standard InChI is InChI=1S/C17H23N9/c1-12(15-21-16(19)23-17(22-15)24(2)3)25-6-8-26(9-7-25)14-10-13(11-18)4-5-20-14/h4-5,10,12H,6-9H2,1-3H3,(H2,19,21,22,23)/t12-/m1/s1. The number of rotatable bonds is 4. The van der Waals surface area contributed by atoms with E-state index in [1.807, 2.05) is 25.1 Å². The third-order valence-electron chi connectivity index (χ3n) is 4.49. The highest BCUT2D eigenvalue weighted by Gasteiger charge is 2.25. The first-order chi connectivity index (χ1) is 12.5. The molecule has 0 aromatic carbocycles. The van der Waals surface area contributed by atoms with Gasteiger partial charge in [-0.15, -0.1) is 0 Å². The number of pyridine rings is 1. The highest BCUT2D eigenvalue weighted by Crippen LogP contribution is 2.22. The molecule has 2 aromatic heterocycles. The molecule has 0 unspecified atom stereocenters. The van der Waals surface area contributed by atoms with Gasteiger partial charge in [0.1, 0.15) is 5.82 Å². The Morgan fingerprint density at radius 3 is 2.58 bits per heavy atom. The van der Waals surface area contributed by atoms with Gasteiger partial charge < -0.3 is 15.5 Å². The fraction of sp³-hybridized carbons (Fsp3) is 0.471. The summed E-state index contributed by atoms with van der Waals surface area (Å²) in [7, 11) is 3.76. The van der Waals surface area contributed by atoms with Crippen molar-refractivity contribution in [3.8, 4) is 6.07 Å². The van der Waals surface area contributed by atoms with Crippen molar-refractivity contribution >= 4 is 17.7 Å². The van der Waals surface area contributed by atoms with Crippen LogP contribution in [0.4, 0.5) is 17.7 Å². The maximum Gasteiger partial charge on any atom is 0.229 e. The van der Waals surface area contributed by atoms with Gasteiger partial charge in [0.25, 0.3) is 0 Å². The summed E-state index contributed by atoms with van der Waals surface area (Å²) in [4.78, 5) is 23.7. The van der Waals surface area contributed by atoms with Crippen LogP contribution in [0.2, 0.25) is 0 Å². The van der Waals surface area contributed by atoms with E-state index in [0.29, 0.717) is 17.3 Å². The Hall–Kier alpha value is -2.99. The van der Waals surface area contributed by atoms with Crippen LogP contribution in [0.25, 0.3) is 0 Å². The SMILES string of the molecule is C[C@H](c1nc(N)nc(N(C)C)n1)N1CCN(c2cc(C#N)ccn2)CC1. The molecule has 1 atom stereocenters. The summed E-state index contributed by atoms with van der Waals surface area (Å²) >= 11 is 0. The zero-order chi connectivity index (χ0) is 18.7. The number of piperazine rings is 1. The predicted octanol–water partition coefficient (Wildman–Crippen LogP) is 0.670. The largest absolute Gasteiger partial charge is 0.368 e. The minimum absolute atomic E-state index is 0.0413. The minimum Gasteiger partial charge on any atom is -0.368 e. The van der Waals surface area contributed by atoms with Crippen LogP contribution in [-0.4, -0.2) is 65.1 Å². The van der Waals surface area contributed by atoms with Gasteiger partial charge in [0, 0.05) is 46.5 Å². The van der Waals surface area contributed by atoms with Gasteiger partial charge in [-0.3, -0.25) is 4.90 Å². The summed E-state index contributed by atoms with van der Waals surface area (Å²) in [5, 5.41) is 9.05. The summed E-state index contributed by atoms with van der Waals surface area (Å²) < 4.78 is 0.